The molecule has 23 heavy (non-hydrogen) atoms. The molecule has 122 valence electrons. The number of aromatic nitrogens is 1. The summed E-state index contributed by atoms with van der Waals surface area (Å²) >= 11 is 1.67. The lowest BCUT2D eigenvalue weighted by Gasteiger charge is -2.16. The third-order valence-electron chi connectivity index (χ3n) is 3.60. The molecular formula is C17H21IN4S. The Morgan fingerprint density at radius 2 is 2.00 bits per heavy atom. The van der Waals surface area contributed by atoms with E-state index in [0.29, 0.717) is 12.6 Å². The Bertz CT molecular complexity index is 658. The van der Waals surface area contributed by atoms with Gasteiger partial charge in [-0.3, -0.25) is 4.99 Å². The fourth-order valence-electron chi connectivity index (χ4n) is 2.42. The molecule has 1 aliphatic carbocycles. The van der Waals surface area contributed by atoms with Crippen LogP contribution in [0.1, 0.15) is 17.8 Å². The SMILES string of the molecule is CN=C(NCc1nc(-c2ccccc2)cs1)NC1CC=CC1.I. The van der Waals surface area contributed by atoms with Crippen LogP contribution in [0.25, 0.3) is 11.3 Å². The second kappa shape index (κ2) is 9.02. The molecule has 1 heterocycles. The highest BCUT2D eigenvalue weighted by molar-refractivity contribution is 14.0. The van der Waals surface area contributed by atoms with Crippen molar-refractivity contribution in [3.8, 4) is 11.3 Å². The van der Waals surface area contributed by atoms with Gasteiger partial charge in [0.05, 0.1) is 12.2 Å². The fraction of sp³-hybridized carbons (Fsp3) is 0.294. The van der Waals surface area contributed by atoms with Crippen LogP contribution in [0, 0.1) is 0 Å². The molecule has 0 unspecified atom stereocenters. The maximum atomic E-state index is 4.68. The third kappa shape index (κ3) is 5.04. The van der Waals surface area contributed by atoms with Crippen molar-refractivity contribution in [3.05, 3.63) is 52.9 Å². The first-order chi connectivity index (χ1) is 10.8. The van der Waals surface area contributed by atoms with E-state index in [9.17, 15) is 0 Å². The van der Waals surface area contributed by atoms with Crippen molar-refractivity contribution in [2.75, 3.05) is 7.05 Å². The first kappa shape index (κ1) is 17.9. The molecule has 0 saturated carbocycles. The van der Waals surface area contributed by atoms with E-state index in [1.165, 1.54) is 0 Å². The number of halogens is 1. The van der Waals surface area contributed by atoms with E-state index in [-0.39, 0.29) is 24.0 Å². The number of guanidine groups is 1. The predicted octanol–water partition coefficient (Wildman–Crippen LogP) is 3.81. The number of benzene rings is 1. The van der Waals surface area contributed by atoms with Crippen molar-refractivity contribution in [1.82, 2.24) is 15.6 Å². The zero-order chi connectivity index (χ0) is 15.2. The Balaban J connectivity index is 0.00000192. The number of thiazole rings is 1. The fourth-order valence-corrected chi connectivity index (χ4v) is 3.16. The number of aliphatic imine (C=N–C) groups is 1. The summed E-state index contributed by atoms with van der Waals surface area (Å²) in [6.45, 7) is 0.692. The van der Waals surface area contributed by atoms with Gasteiger partial charge in [-0.25, -0.2) is 4.98 Å². The van der Waals surface area contributed by atoms with Gasteiger partial charge in [-0.1, -0.05) is 42.5 Å². The highest BCUT2D eigenvalue weighted by Crippen LogP contribution is 2.21. The predicted molar refractivity (Wildman–Crippen MR) is 108 cm³/mol. The molecule has 0 atom stereocenters. The van der Waals surface area contributed by atoms with E-state index in [1.54, 1.807) is 18.4 Å². The van der Waals surface area contributed by atoms with Gasteiger partial charge < -0.3 is 10.6 Å². The van der Waals surface area contributed by atoms with Crippen molar-refractivity contribution in [3.63, 3.8) is 0 Å². The second-order valence-corrected chi connectivity index (χ2v) is 6.15. The highest BCUT2D eigenvalue weighted by atomic mass is 127. The molecule has 0 aliphatic heterocycles. The van der Waals surface area contributed by atoms with Gasteiger partial charge in [0.2, 0.25) is 0 Å². The molecule has 0 radical (unpaired) electrons. The summed E-state index contributed by atoms with van der Waals surface area (Å²) in [7, 11) is 1.80. The number of rotatable bonds is 4. The normalized spacial score (nSPS) is 14.6. The molecule has 4 nitrogen and oxygen atoms in total. The van der Waals surface area contributed by atoms with Crippen molar-refractivity contribution >= 4 is 41.3 Å². The van der Waals surface area contributed by atoms with E-state index < -0.39 is 0 Å². The van der Waals surface area contributed by atoms with Gasteiger partial charge in [0.1, 0.15) is 5.01 Å². The lowest BCUT2D eigenvalue weighted by molar-refractivity contribution is 0.632. The van der Waals surface area contributed by atoms with Crippen LogP contribution < -0.4 is 10.6 Å². The van der Waals surface area contributed by atoms with Gasteiger partial charge >= 0.3 is 0 Å². The number of nitrogens with zero attached hydrogens (tertiary/aromatic N) is 2. The molecule has 0 bridgehead atoms. The second-order valence-electron chi connectivity index (χ2n) is 5.20. The molecule has 2 aromatic rings. The van der Waals surface area contributed by atoms with Crippen molar-refractivity contribution in [1.29, 1.82) is 0 Å². The zero-order valence-corrected chi connectivity index (χ0v) is 16.2. The quantitative estimate of drug-likeness (QED) is 0.329. The highest BCUT2D eigenvalue weighted by Gasteiger charge is 2.12. The standard InChI is InChI=1S/C17H20N4S.HI/c1-18-17(20-14-9-5-6-10-14)19-11-16-21-15(12-22-16)13-7-3-2-4-8-13;/h2-8,12,14H,9-11H2,1H3,(H2,18,19,20);1H. The summed E-state index contributed by atoms with van der Waals surface area (Å²) in [5.41, 5.74) is 2.19. The molecule has 0 fully saturated rings. The zero-order valence-electron chi connectivity index (χ0n) is 13.0. The molecule has 1 aliphatic rings. The number of hydrogen-bond acceptors (Lipinski definition) is 3. The first-order valence-corrected chi connectivity index (χ1v) is 8.35. The maximum absolute atomic E-state index is 4.68. The van der Waals surface area contributed by atoms with Crippen molar-refractivity contribution < 1.29 is 0 Å². The molecule has 3 rings (SSSR count). The Labute approximate surface area is 158 Å². The minimum Gasteiger partial charge on any atom is -0.353 e. The van der Waals surface area contributed by atoms with Crippen LogP contribution >= 0.6 is 35.3 Å². The van der Waals surface area contributed by atoms with Crippen LogP contribution in [-0.2, 0) is 6.54 Å². The van der Waals surface area contributed by atoms with Gasteiger partial charge in [-0.15, -0.1) is 35.3 Å². The van der Waals surface area contributed by atoms with Crippen LogP contribution in [0.4, 0.5) is 0 Å². The minimum absolute atomic E-state index is 0. The van der Waals surface area contributed by atoms with Crippen molar-refractivity contribution in [2.24, 2.45) is 4.99 Å². The van der Waals surface area contributed by atoms with E-state index in [2.05, 4.69) is 50.3 Å². The maximum Gasteiger partial charge on any atom is 0.191 e. The topological polar surface area (TPSA) is 49.3 Å². The van der Waals surface area contributed by atoms with Gasteiger partial charge in [0.15, 0.2) is 5.96 Å². The summed E-state index contributed by atoms with van der Waals surface area (Å²) in [5.74, 6) is 0.838. The summed E-state index contributed by atoms with van der Waals surface area (Å²) in [6.07, 6.45) is 6.54. The summed E-state index contributed by atoms with van der Waals surface area (Å²) in [5, 5.41) is 9.93. The Morgan fingerprint density at radius 1 is 1.26 bits per heavy atom. The largest absolute Gasteiger partial charge is 0.353 e. The van der Waals surface area contributed by atoms with Crippen LogP contribution in [0.5, 0.6) is 0 Å². The van der Waals surface area contributed by atoms with Crippen molar-refractivity contribution in [2.45, 2.75) is 25.4 Å². The molecule has 2 N–H and O–H groups in total. The molecule has 1 aromatic heterocycles. The summed E-state index contributed by atoms with van der Waals surface area (Å²) in [4.78, 5) is 8.95. The monoisotopic (exact) mass is 440 g/mol. The number of nitrogens with one attached hydrogen (secondary N) is 2. The average molecular weight is 440 g/mol. The molecule has 0 saturated heterocycles. The summed E-state index contributed by atoms with van der Waals surface area (Å²) < 4.78 is 0. The Kier molecular flexibility index (Phi) is 7.04. The van der Waals surface area contributed by atoms with Crippen LogP contribution in [0.15, 0.2) is 52.9 Å². The van der Waals surface area contributed by atoms with Crippen LogP contribution in [0.2, 0.25) is 0 Å². The average Bonchev–Trinajstić information content (AvgIpc) is 3.24. The Morgan fingerprint density at radius 3 is 2.70 bits per heavy atom. The van der Waals surface area contributed by atoms with Gasteiger partial charge in [0, 0.05) is 24.0 Å². The molecule has 6 heteroatoms. The van der Waals surface area contributed by atoms with Gasteiger partial charge in [-0.2, -0.15) is 0 Å². The van der Waals surface area contributed by atoms with Gasteiger partial charge in [-0.05, 0) is 12.8 Å². The van der Waals surface area contributed by atoms with E-state index in [0.717, 1.165) is 35.1 Å². The lowest BCUT2D eigenvalue weighted by Crippen LogP contribution is -2.42. The van der Waals surface area contributed by atoms with E-state index in [4.69, 9.17) is 0 Å². The molecule has 0 spiro atoms. The molecule has 0 amide bonds. The molecule has 1 aromatic carbocycles. The number of hydrogen-bond donors (Lipinski definition) is 2. The summed E-state index contributed by atoms with van der Waals surface area (Å²) in [6, 6.07) is 10.7. The lowest BCUT2D eigenvalue weighted by atomic mass is 10.2. The van der Waals surface area contributed by atoms with Crippen LogP contribution in [0.3, 0.4) is 0 Å². The van der Waals surface area contributed by atoms with Gasteiger partial charge in [0.25, 0.3) is 0 Å². The Hall–Kier alpha value is -1.41. The minimum atomic E-state index is 0. The van der Waals surface area contributed by atoms with E-state index >= 15 is 0 Å². The smallest absolute Gasteiger partial charge is 0.191 e. The first-order valence-electron chi connectivity index (χ1n) is 7.47. The van der Waals surface area contributed by atoms with Crippen LogP contribution in [-0.4, -0.2) is 24.0 Å². The van der Waals surface area contributed by atoms with E-state index in [1.807, 2.05) is 18.2 Å². The molecular weight excluding hydrogens is 419 g/mol. The third-order valence-corrected chi connectivity index (χ3v) is 4.45.